The molecule has 0 saturated heterocycles. The van der Waals surface area contributed by atoms with E-state index in [1.807, 2.05) is 12.3 Å². The Morgan fingerprint density at radius 3 is 2.90 bits per heavy atom. The van der Waals surface area contributed by atoms with E-state index in [4.69, 9.17) is 5.11 Å². The number of carbonyl (C=O) groups is 1. The highest BCUT2D eigenvalue weighted by Crippen LogP contribution is 2.18. The Hall–Kier alpha value is -1.03. The third kappa shape index (κ3) is 1.73. The Morgan fingerprint density at radius 1 is 1.80 bits per heavy atom. The van der Waals surface area contributed by atoms with Gasteiger partial charge in [0, 0.05) is 0 Å². The van der Waals surface area contributed by atoms with Gasteiger partial charge in [-0.15, -0.1) is 11.3 Å². The zero-order chi connectivity index (χ0) is 7.56. The van der Waals surface area contributed by atoms with Crippen molar-refractivity contribution in [2.75, 3.05) is 5.32 Å². The molecule has 1 rings (SSSR count). The summed E-state index contributed by atoms with van der Waals surface area (Å²) in [7, 11) is 0. The largest absolute Gasteiger partial charge is 0.465 e. The molecule has 0 atom stereocenters. The number of amides is 1. The Morgan fingerprint density at radius 2 is 2.50 bits per heavy atom. The lowest BCUT2D eigenvalue weighted by Crippen LogP contribution is -2.05. The Kier molecular flexibility index (Phi) is 1.91. The fraction of sp³-hybridized carbons (Fsp3) is 0.167. The normalized spacial score (nSPS) is 9.30. The second-order valence-electron chi connectivity index (χ2n) is 1.92. The zero-order valence-electron chi connectivity index (χ0n) is 5.42. The van der Waals surface area contributed by atoms with Crippen LogP contribution in [0.5, 0.6) is 0 Å². The van der Waals surface area contributed by atoms with Crippen molar-refractivity contribution in [3.8, 4) is 0 Å². The molecule has 2 N–H and O–H groups in total. The SMILES string of the molecule is Cc1csc(NC(=O)O)c1. The second kappa shape index (κ2) is 2.70. The Labute approximate surface area is 62.3 Å². The van der Waals surface area contributed by atoms with Gasteiger partial charge in [-0.2, -0.15) is 0 Å². The van der Waals surface area contributed by atoms with E-state index in [1.165, 1.54) is 11.3 Å². The van der Waals surface area contributed by atoms with Crippen molar-refractivity contribution < 1.29 is 9.90 Å². The summed E-state index contributed by atoms with van der Waals surface area (Å²) >= 11 is 1.39. The monoisotopic (exact) mass is 157 g/mol. The number of thiophene rings is 1. The number of aryl methyl sites for hydroxylation is 1. The molecule has 4 heteroatoms. The highest BCUT2D eigenvalue weighted by molar-refractivity contribution is 7.14. The molecule has 0 aliphatic rings. The van der Waals surface area contributed by atoms with Crippen molar-refractivity contribution in [2.45, 2.75) is 6.92 Å². The third-order valence-corrected chi connectivity index (χ3v) is 1.92. The molecule has 1 aromatic heterocycles. The van der Waals surface area contributed by atoms with Crippen LogP contribution in [0.4, 0.5) is 9.80 Å². The maximum Gasteiger partial charge on any atom is 0.409 e. The molecular formula is C6H7NO2S. The van der Waals surface area contributed by atoms with Crippen molar-refractivity contribution >= 4 is 22.4 Å². The first kappa shape index (κ1) is 7.08. The molecule has 10 heavy (non-hydrogen) atoms. The highest BCUT2D eigenvalue weighted by atomic mass is 32.1. The number of nitrogens with one attached hydrogen (secondary N) is 1. The maximum atomic E-state index is 10.1. The molecule has 0 fully saturated rings. The Bertz CT molecular complexity index is 244. The maximum absolute atomic E-state index is 10.1. The summed E-state index contributed by atoms with van der Waals surface area (Å²) in [6.45, 7) is 1.92. The van der Waals surface area contributed by atoms with E-state index in [0.717, 1.165) is 5.56 Å². The van der Waals surface area contributed by atoms with E-state index in [9.17, 15) is 4.79 Å². The van der Waals surface area contributed by atoms with Crippen LogP contribution in [-0.4, -0.2) is 11.2 Å². The summed E-state index contributed by atoms with van der Waals surface area (Å²) in [5.74, 6) is 0. The van der Waals surface area contributed by atoms with E-state index in [-0.39, 0.29) is 0 Å². The van der Waals surface area contributed by atoms with Gasteiger partial charge < -0.3 is 5.11 Å². The van der Waals surface area contributed by atoms with Crippen LogP contribution in [0, 0.1) is 6.92 Å². The number of carboxylic acid groups (broad SMARTS) is 1. The van der Waals surface area contributed by atoms with Crippen LogP contribution in [0.15, 0.2) is 11.4 Å². The van der Waals surface area contributed by atoms with Crippen molar-refractivity contribution in [1.29, 1.82) is 0 Å². The number of rotatable bonds is 1. The van der Waals surface area contributed by atoms with E-state index in [2.05, 4.69) is 5.32 Å². The van der Waals surface area contributed by atoms with Gasteiger partial charge in [-0.1, -0.05) is 0 Å². The molecule has 0 spiro atoms. The van der Waals surface area contributed by atoms with Gasteiger partial charge in [0.15, 0.2) is 0 Å². The van der Waals surface area contributed by atoms with Gasteiger partial charge in [-0.05, 0) is 23.9 Å². The zero-order valence-corrected chi connectivity index (χ0v) is 6.23. The molecule has 0 aliphatic carbocycles. The van der Waals surface area contributed by atoms with Gasteiger partial charge in [0.1, 0.15) is 0 Å². The Balaban J connectivity index is 2.67. The third-order valence-electron chi connectivity index (χ3n) is 0.961. The molecule has 54 valence electrons. The van der Waals surface area contributed by atoms with E-state index in [0.29, 0.717) is 5.00 Å². The average Bonchev–Trinajstić information content (AvgIpc) is 2.13. The molecule has 0 unspecified atom stereocenters. The summed E-state index contributed by atoms with van der Waals surface area (Å²) in [5.41, 5.74) is 1.08. The van der Waals surface area contributed by atoms with Crippen LogP contribution in [0.25, 0.3) is 0 Å². The summed E-state index contributed by atoms with van der Waals surface area (Å²) in [6, 6.07) is 1.79. The fourth-order valence-corrected chi connectivity index (χ4v) is 1.38. The van der Waals surface area contributed by atoms with Crippen LogP contribution >= 0.6 is 11.3 Å². The second-order valence-corrected chi connectivity index (χ2v) is 2.83. The summed E-state index contributed by atoms with van der Waals surface area (Å²) in [4.78, 5) is 10.1. The molecule has 1 amide bonds. The molecule has 1 aromatic rings. The molecule has 0 saturated carbocycles. The van der Waals surface area contributed by atoms with Crippen molar-refractivity contribution in [3.05, 3.63) is 17.0 Å². The molecular weight excluding hydrogens is 150 g/mol. The van der Waals surface area contributed by atoms with Gasteiger partial charge in [-0.3, -0.25) is 5.32 Å². The van der Waals surface area contributed by atoms with Gasteiger partial charge in [0.2, 0.25) is 0 Å². The van der Waals surface area contributed by atoms with Crippen LogP contribution in [0.2, 0.25) is 0 Å². The van der Waals surface area contributed by atoms with Crippen LogP contribution in [0.1, 0.15) is 5.56 Å². The van der Waals surface area contributed by atoms with Crippen LogP contribution in [-0.2, 0) is 0 Å². The fourth-order valence-electron chi connectivity index (χ4n) is 0.602. The van der Waals surface area contributed by atoms with E-state index < -0.39 is 6.09 Å². The first-order chi connectivity index (χ1) is 4.68. The van der Waals surface area contributed by atoms with E-state index >= 15 is 0 Å². The van der Waals surface area contributed by atoms with Crippen LogP contribution in [0.3, 0.4) is 0 Å². The van der Waals surface area contributed by atoms with Gasteiger partial charge in [-0.25, -0.2) is 4.79 Å². The van der Waals surface area contributed by atoms with Crippen molar-refractivity contribution in [2.24, 2.45) is 0 Å². The lowest BCUT2D eigenvalue weighted by atomic mass is 10.4. The van der Waals surface area contributed by atoms with Crippen molar-refractivity contribution in [1.82, 2.24) is 0 Å². The minimum atomic E-state index is -1.01. The van der Waals surface area contributed by atoms with Crippen molar-refractivity contribution in [3.63, 3.8) is 0 Å². The molecule has 1 heterocycles. The first-order valence-electron chi connectivity index (χ1n) is 2.73. The summed E-state index contributed by atoms with van der Waals surface area (Å²) in [5, 5.41) is 13.1. The summed E-state index contributed by atoms with van der Waals surface area (Å²) < 4.78 is 0. The number of anilines is 1. The number of hydrogen-bond donors (Lipinski definition) is 2. The first-order valence-corrected chi connectivity index (χ1v) is 3.61. The smallest absolute Gasteiger partial charge is 0.409 e. The van der Waals surface area contributed by atoms with E-state index in [1.54, 1.807) is 6.07 Å². The van der Waals surface area contributed by atoms with Gasteiger partial charge >= 0.3 is 6.09 Å². The topological polar surface area (TPSA) is 49.3 Å². The molecule has 3 nitrogen and oxygen atoms in total. The minimum Gasteiger partial charge on any atom is -0.465 e. The average molecular weight is 157 g/mol. The van der Waals surface area contributed by atoms with Gasteiger partial charge in [0.05, 0.1) is 5.00 Å². The van der Waals surface area contributed by atoms with Crippen LogP contribution < -0.4 is 5.32 Å². The molecule has 0 aromatic carbocycles. The highest BCUT2D eigenvalue weighted by Gasteiger charge is 1.98. The minimum absolute atomic E-state index is 0.671. The predicted molar refractivity (Wildman–Crippen MR) is 40.7 cm³/mol. The lowest BCUT2D eigenvalue weighted by molar-refractivity contribution is 0.210. The quantitative estimate of drug-likeness (QED) is 0.656. The molecule has 0 bridgehead atoms. The molecule has 0 aliphatic heterocycles. The van der Waals surface area contributed by atoms with Gasteiger partial charge in [0.25, 0.3) is 0 Å². The molecule has 0 radical (unpaired) electrons. The standard InChI is InChI=1S/C6H7NO2S/c1-4-2-5(10-3-4)7-6(8)9/h2-3,7H,1H3,(H,8,9). The summed E-state index contributed by atoms with van der Waals surface area (Å²) in [6.07, 6.45) is -1.01. The lowest BCUT2D eigenvalue weighted by Gasteiger charge is -1.91. The predicted octanol–water partition coefficient (Wildman–Crippen LogP) is 2.15. The number of hydrogen-bond acceptors (Lipinski definition) is 2.